The number of hydrogen-bond donors (Lipinski definition) is 2. The SMILES string of the molecule is CC(C)OCCCNC(=O)c1ccc2c(c1)NC(=O)C(N1CCCC1)S2. The molecule has 7 heteroatoms. The molecular formula is C19H27N3O3S. The van der Waals surface area contributed by atoms with E-state index in [4.69, 9.17) is 4.74 Å². The summed E-state index contributed by atoms with van der Waals surface area (Å²) in [5.74, 6) is -0.119. The Morgan fingerprint density at radius 3 is 2.88 bits per heavy atom. The van der Waals surface area contributed by atoms with E-state index in [2.05, 4.69) is 15.5 Å². The number of nitrogens with one attached hydrogen (secondary N) is 2. The number of carbonyl (C=O) groups excluding carboxylic acids is 2. The van der Waals surface area contributed by atoms with Crippen LogP contribution in [0.15, 0.2) is 23.1 Å². The van der Waals surface area contributed by atoms with E-state index in [-0.39, 0.29) is 23.3 Å². The molecule has 2 N–H and O–H groups in total. The largest absolute Gasteiger partial charge is 0.379 e. The van der Waals surface area contributed by atoms with Crippen LogP contribution in [0.4, 0.5) is 5.69 Å². The fourth-order valence-electron chi connectivity index (χ4n) is 3.15. The Bertz CT molecular complexity index is 659. The number of benzene rings is 1. The first kappa shape index (κ1) is 19.2. The highest BCUT2D eigenvalue weighted by molar-refractivity contribution is 8.00. The van der Waals surface area contributed by atoms with Gasteiger partial charge in [-0.2, -0.15) is 0 Å². The van der Waals surface area contributed by atoms with E-state index in [0.717, 1.165) is 42.9 Å². The van der Waals surface area contributed by atoms with Gasteiger partial charge in [0.05, 0.1) is 11.8 Å². The van der Waals surface area contributed by atoms with Gasteiger partial charge in [-0.15, -0.1) is 0 Å². The minimum Gasteiger partial charge on any atom is -0.379 e. The van der Waals surface area contributed by atoms with Gasteiger partial charge in [0.15, 0.2) is 0 Å². The molecule has 0 aromatic heterocycles. The molecule has 2 aliphatic heterocycles. The van der Waals surface area contributed by atoms with Crippen molar-refractivity contribution in [3.8, 4) is 0 Å². The third kappa shape index (κ3) is 4.78. The van der Waals surface area contributed by atoms with Crippen LogP contribution in [0.25, 0.3) is 0 Å². The minimum absolute atomic E-state index is 0.00722. The monoisotopic (exact) mass is 377 g/mol. The van der Waals surface area contributed by atoms with Crippen LogP contribution in [0, 0.1) is 0 Å². The molecule has 0 radical (unpaired) electrons. The molecule has 1 atom stereocenters. The summed E-state index contributed by atoms with van der Waals surface area (Å²) in [5.41, 5.74) is 1.29. The van der Waals surface area contributed by atoms with E-state index in [9.17, 15) is 9.59 Å². The number of hydrogen-bond acceptors (Lipinski definition) is 5. The molecule has 142 valence electrons. The molecule has 1 aromatic carbocycles. The summed E-state index contributed by atoms with van der Waals surface area (Å²) in [7, 11) is 0. The highest BCUT2D eigenvalue weighted by atomic mass is 32.2. The van der Waals surface area contributed by atoms with Crippen LogP contribution in [0.3, 0.4) is 0 Å². The van der Waals surface area contributed by atoms with Gasteiger partial charge < -0.3 is 15.4 Å². The molecular weight excluding hydrogens is 350 g/mol. The molecule has 2 aliphatic rings. The molecule has 6 nitrogen and oxygen atoms in total. The Balaban J connectivity index is 1.56. The van der Waals surface area contributed by atoms with Gasteiger partial charge in [0.1, 0.15) is 5.37 Å². The maximum absolute atomic E-state index is 12.4. The van der Waals surface area contributed by atoms with E-state index >= 15 is 0 Å². The second kappa shape index (κ2) is 8.88. The van der Waals surface area contributed by atoms with Crippen LogP contribution in [0.2, 0.25) is 0 Å². The number of anilines is 1. The lowest BCUT2D eigenvalue weighted by Crippen LogP contribution is -2.42. The van der Waals surface area contributed by atoms with Gasteiger partial charge >= 0.3 is 0 Å². The first-order valence-electron chi connectivity index (χ1n) is 9.30. The second-order valence-corrected chi connectivity index (χ2v) is 8.06. The maximum Gasteiger partial charge on any atom is 0.252 e. The summed E-state index contributed by atoms with van der Waals surface area (Å²) < 4.78 is 5.46. The number of nitrogens with zero attached hydrogens (tertiary/aromatic N) is 1. The molecule has 1 saturated heterocycles. The van der Waals surface area contributed by atoms with Crippen molar-refractivity contribution in [2.45, 2.75) is 49.5 Å². The van der Waals surface area contributed by atoms with Crippen LogP contribution in [-0.2, 0) is 9.53 Å². The number of amides is 2. The molecule has 3 rings (SSSR count). The normalized spacial score (nSPS) is 20.1. The van der Waals surface area contributed by atoms with Crippen molar-refractivity contribution in [1.29, 1.82) is 0 Å². The van der Waals surface area contributed by atoms with Gasteiger partial charge in [0.2, 0.25) is 0 Å². The zero-order valence-electron chi connectivity index (χ0n) is 15.4. The van der Waals surface area contributed by atoms with Crippen molar-refractivity contribution < 1.29 is 14.3 Å². The zero-order valence-corrected chi connectivity index (χ0v) is 16.2. The van der Waals surface area contributed by atoms with Crippen LogP contribution >= 0.6 is 11.8 Å². The summed E-state index contributed by atoms with van der Waals surface area (Å²) in [6.07, 6.45) is 3.28. The Morgan fingerprint density at radius 2 is 2.15 bits per heavy atom. The van der Waals surface area contributed by atoms with Crippen molar-refractivity contribution in [2.75, 3.05) is 31.6 Å². The van der Waals surface area contributed by atoms with E-state index in [1.807, 2.05) is 26.0 Å². The predicted octanol–water partition coefficient (Wildman–Crippen LogP) is 2.70. The molecule has 0 bridgehead atoms. The topological polar surface area (TPSA) is 70.7 Å². The maximum atomic E-state index is 12.4. The quantitative estimate of drug-likeness (QED) is 0.715. The van der Waals surface area contributed by atoms with Crippen LogP contribution in [0.5, 0.6) is 0 Å². The molecule has 1 fully saturated rings. The highest BCUT2D eigenvalue weighted by Crippen LogP contribution is 2.38. The fourth-order valence-corrected chi connectivity index (χ4v) is 4.30. The second-order valence-electron chi connectivity index (χ2n) is 6.94. The van der Waals surface area contributed by atoms with Crippen molar-refractivity contribution in [3.63, 3.8) is 0 Å². The lowest BCUT2D eigenvalue weighted by molar-refractivity contribution is -0.118. The van der Waals surface area contributed by atoms with E-state index in [0.29, 0.717) is 18.7 Å². The van der Waals surface area contributed by atoms with Gasteiger partial charge in [0.25, 0.3) is 11.8 Å². The van der Waals surface area contributed by atoms with Gasteiger partial charge in [0, 0.05) is 23.6 Å². The van der Waals surface area contributed by atoms with Crippen LogP contribution in [-0.4, -0.2) is 54.4 Å². The molecule has 0 saturated carbocycles. The van der Waals surface area contributed by atoms with Gasteiger partial charge in [-0.1, -0.05) is 11.8 Å². The fraction of sp³-hybridized carbons (Fsp3) is 0.579. The van der Waals surface area contributed by atoms with E-state index in [1.165, 1.54) is 0 Å². The average molecular weight is 378 g/mol. The Morgan fingerprint density at radius 1 is 1.38 bits per heavy atom. The van der Waals surface area contributed by atoms with Gasteiger partial charge in [-0.05, 0) is 64.4 Å². The molecule has 2 heterocycles. The molecule has 26 heavy (non-hydrogen) atoms. The Kier molecular flexibility index (Phi) is 6.56. The average Bonchev–Trinajstić information content (AvgIpc) is 3.14. The molecule has 1 aromatic rings. The first-order chi connectivity index (χ1) is 12.5. The minimum atomic E-state index is -0.161. The van der Waals surface area contributed by atoms with E-state index < -0.39 is 0 Å². The zero-order chi connectivity index (χ0) is 18.5. The third-order valence-electron chi connectivity index (χ3n) is 4.49. The molecule has 2 amide bonds. The first-order valence-corrected chi connectivity index (χ1v) is 10.2. The number of fused-ring (bicyclic) bond motifs is 1. The summed E-state index contributed by atoms with van der Waals surface area (Å²) in [4.78, 5) is 28.0. The Labute approximate surface area is 159 Å². The number of rotatable bonds is 7. The summed E-state index contributed by atoms with van der Waals surface area (Å²) in [5, 5.41) is 5.71. The third-order valence-corrected chi connectivity index (χ3v) is 5.84. The summed E-state index contributed by atoms with van der Waals surface area (Å²) in [6, 6.07) is 5.52. The van der Waals surface area contributed by atoms with Crippen LogP contribution in [0.1, 0.15) is 43.5 Å². The van der Waals surface area contributed by atoms with Gasteiger partial charge in [-0.25, -0.2) is 0 Å². The van der Waals surface area contributed by atoms with Crippen LogP contribution < -0.4 is 10.6 Å². The lowest BCUT2D eigenvalue weighted by atomic mass is 10.1. The summed E-state index contributed by atoms with van der Waals surface area (Å²) >= 11 is 1.58. The smallest absolute Gasteiger partial charge is 0.252 e. The van der Waals surface area contributed by atoms with Crippen molar-refractivity contribution >= 4 is 29.3 Å². The highest BCUT2D eigenvalue weighted by Gasteiger charge is 2.33. The number of ether oxygens (including phenoxy) is 1. The van der Waals surface area contributed by atoms with E-state index in [1.54, 1.807) is 17.8 Å². The van der Waals surface area contributed by atoms with Crippen molar-refractivity contribution in [1.82, 2.24) is 10.2 Å². The summed E-state index contributed by atoms with van der Waals surface area (Å²) in [6.45, 7) is 7.13. The number of likely N-dealkylation sites (tertiary alicyclic amines) is 1. The Hall–Kier alpha value is -1.57. The molecule has 0 spiro atoms. The van der Waals surface area contributed by atoms with Crippen molar-refractivity contribution in [2.24, 2.45) is 0 Å². The molecule has 1 unspecified atom stereocenters. The predicted molar refractivity (Wildman–Crippen MR) is 104 cm³/mol. The number of carbonyl (C=O) groups is 2. The standard InChI is InChI=1S/C19H27N3O3S/c1-13(2)25-11-5-8-20-17(23)14-6-7-16-15(12-14)21-18(24)19(26-16)22-9-3-4-10-22/h6-7,12-13,19H,3-5,8-11H2,1-2H3,(H,20,23)(H,21,24). The molecule has 0 aliphatic carbocycles. The van der Waals surface area contributed by atoms with Gasteiger partial charge in [-0.3, -0.25) is 14.5 Å². The van der Waals surface area contributed by atoms with Crippen molar-refractivity contribution in [3.05, 3.63) is 23.8 Å². The lowest BCUT2D eigenvalue weighted by Gasteiger charge is -2.30. The number of thioether (sulfide) groups is 1.